The molecule has 2 aromatic rings. The predicted molar refractivity (Wildman–Crippen MR) is 102 cm³/mol. The number of halogens is 1. The first-order valence-corrected chi connectivity index (χ1v) is 10.0. The minimum atomic E-state index is -3.99. The van der Waals surface area contributed by atoms with Gasteiger partial charge < -0.3 is 10.1 Å². The van der Waals surface area contributed by atoms with Crippen molar-refractivity contribution in [3.63, 3.8) is 0 Å². The molecule has 0 fully saturated rings. The number of sulfonamides is 1. The van der Waals surface area contributed by atoms with Crippen molar-refractivity contribution < 1.29 is 27.1 Å². The monoisotopic (exact) mass is 408 g/mol. The Hall–Kier alpha value is -2.94. The Morgan fingerprint density at radius 3 is 2.46 bits per heavy atom. The van der Waals surface area contributed by atoms with Crippen molar-refractivity contribution in [2.24, 2.45) is 0 Å². The third-order valence-electron chi connectivity index (χ3n) is 3.83. The first-order chi connectivity index (χ1) is 13.2. The Balaban J connectivity index is 2.06. The van der Waals surface area contributed by atoms with Gasteiger partial charge >= 0.3 is 5.97 Å². The molecule has 0 spiro atoms. The summed E-state index contributed by atoms with van der Waals surface area (Å²) < 4.78 is 45.1. The summed E-state index contributed by atoms with van der Waals surface area (Å²) in [5.74, 6) is -1.76. The fourth-order valence-electron chi connectivity index (χ4n) is 2.16. The van der Waals surface area contributed by atoms with Crippen molar-refractivity contribution in [2.45, 2.75) is 31.2 Å². The van der Waals surface area contributed by atoms with Gasteiger partial charge in [0.1, 0.15) is 5.82 Å². The molecule has 0 aromatic heterocycles. The quantitative estimate of drug-likeness (QED) is 0.654. The molecule has 0 aliphatic carbocycles. The Bertz CT molecular complexity index is 945. The number of amides is 1. The molecule has 2 rings (SSSR count). The summed E-state index contributed by atoms with van der Waals surface area (Å²) in [5.41, 5.74) is 0.161. The van der Waals surface area contributed by atoms with E-state index in [0.717, 1.165) is 24.6 Å². The summed E-state index contributed by atoms with van der Waals surface area (Å²) in [6.07, 6.45) is 0.737. The van der Waals surface area contributed by atoms with Crippen molar-refractivity contribution >= 4 is 27.6 Å². The zero-order valence-corrected chi connectivity index (χ0v) is 16.3. The summed E-state index contributed by atoms with van der Waals surface area (Å²) >= 11 is 0. The highest BCUT2D eigenvalue weighted by Crippen LogP contribution is 2.18. The zero-order valence-electron chi connectivity index (χ0n) is 15.4. The lowest BCUT2D eigenvalue weighted by atomic mass is 10.2. The molecule has 7 nitrogen and oxygen atoms in total. The standard InChI is InChI=1S/C19H21FN2O5S/c1-3-13(2)21-18(23)12-27-19(24)14-5-4-6-17(11-14)28(25,26)22-16-9-7-15(20)8-10-16/h4-11,13,22H,3,12H2,1-2H3,(H,21,23)/t13-/m0/s1. The van der Waals surface area contributed by atoms with Gasteiger partial charge in [-0.15, -0.1) is 0 Å². The van der Waals surface area contributed by atoms with Crippen molar-refractivity contribution in [2.75, 3.05) is 11.3 Å². The Morgan fingerprint density at radius 1 is 1.14 bits per heavy atom. The maximum Gasteiger partial charge on any atom is 0.338 e. The van der Waals surface area contributed by atoms with Gasteiger partial charge in [-0.3, -0.25) is 9.52 Å². The average Bonchev–Trinajstić information content (AvgIpc) is 2.67. The minimum Gasteiger partial charge on any atom is -0.452 e. The van der Waals surface area contributed by atoms with Gasteiger partial charge in [0.2, 0.25) is 0 Å². The maximum atomic E-state index is 12.9. The lowest BCUT2D eigenvalue weighted by molar-refractivity contribution is -0.124. The van der Waals surface area contributed by atoms with E-state index < -0.39 is 34.3 Å². The first-order valence-electron chi connectivity index (χ1n) is 8.56. The van der Waals surface area contributed by atoms with Crippen LogP contribution < -0.4 is 10.0 Å². The van der Waals surface area contributed by atoms with E-state index >= 15 is 0 Å². The summed E-state index contributed by atoms with van der Waals surface area (Å²) in [6.45, 7) is 3.26. The van der Waals surface area contributed by atoms with Crippen LogP contribution in [0.3, 0.4) is 0 Å². The van der Waals surface area contributed by atoms with Crippen LogP contribution in [-0.2, 0) is 19.6 Å². The van der Waals surface area contributed by atoms with Crippen LogP contribution in [0.4, 0.5) is 10.1 Å². The smallest absolute Gasteiger partial charge is 0.338 e. The topological polar surface area (TPSA) is 102 Å². The van der Waals surface area contributed by atoms with Crippen LogP contribution in [0.5, 0.6) is 0 Å². The van der Waals surface area contributed by atoms with Crippen molar-refractivity contribution in [1.82, 2.24) is 5.32 Å². The molecule has 0 radical (unpaired) electrons. The van der Waals surface area contributed by atoms with E-state index in [9.17, 15) is 22.4 Å². The highest BCUT2D eigenvalue weighted by molar-refractivity contribution is 7.92. The van der Waals surface area contributed by atoms with Crippen molar-refractivity contribution in [3.8, 4) is 0 Å². The van der Waals surface area contributed by atoms with E-state index in [0.29, 0.717) is 0 Å². The second-order valence-electron chi connectivity index (χ2n) is 6.09. The van der Waals surface area contributed by atoms with Crippen LogP contribution in [0.1, 0.15) is 30.6 Å². The van der Waals surface area contributed by atoms with E-state index in [1.807, 2.05) is 13.8 Å². The summed E-state index contributed by atoms with van der Waals surface area (Å²) in [6, 6.07) is 9.96. The number of carbonyl (C=O) groups excluding carboxylic acids is 2. The highest BCUT2D eigenvalue weighted by atomic mass is 32.2. The van der Waals surface area contributed by atoms with Crippen LogP contribution in [0.2, 0.25) is 0 Å². The summed E-state index contributed by atoms with van der Waals surface area (Å²) in [4.78, 5) is 23.6. The van der Waals surface area contributed by atoms with Crippen molar-refractivity contribution in [1.29, 1.82) is 0 Å². The van der Waals surface area contributed by atoms with Gasteiger partial charge in [0.25, 0.3) is 15.9 Å². The number of anilines is 1. The zero-order chi connectivity index (χ0) is 20.7. The molecule has 0 saturated carbocycles. The Kier molecular flexibility index (Phi) is 7.11. The highest BCUT2D eigenvalue weighted by Gasteiger charge is 2.18. The molecule has 0 unspecified atom stereocenters. The third kappa shape index (κ3) is 6.05. The Labute approximate surface area is 163 Å². The summed E-state index contributed by atoms with van der Waals surface area (Å²) in [7, 11) is -3.99. The van der Waals surface area contributed by atoms with Gasteiger partial charge in [-0.25, -0.2) is 17.6 Å². The largest absolute Gasteiger partial charge is 0.452 e. The molecule has 0 saturated heterocycles. The number of nitrogens with one attached hydrogen (secondary N) is 2. The van der Waals surface area contributed by atoms with Crippen LogP contribution in [0.15, 0.2) is 53.4 Å². The molecule has 0 aliphatic rings. The van der Waals surface area contributed by atoms with E-state index in [2.05, 4.69) is 10.0 Å². The normalized spacial score (nSPS) is 12.1. The van der Waals surface area contributed by atoms with E-state index in [1.54, 1.807) is 0 Å². The van der Waals surface area contributed by atoms with Gasteiger partial charge in [-0.1, -0.05) is 13.0 Å². The first kappa shape index (κ1) is 21.4. The second-order valence-corrected chi connectivity index (χ2v) is 7.78. The van der Waals surface area contributed by atoms with Gasteiger partial charge in [-0.2, -0.15) is 0 Å². The summed E-state index contributed by atoms with van der Waals surface area (Å²) in [5, 5.41) is 2.65. The molecule has 150 valence electrons. The molecular weight excluding hydrogens is 387 g/mol. The fraction of sp³-hybridized carbons (Fsp3) is 0.263. The molecule has 9 heteroatoms. The van der Waals surface area contributed by atoms with E-state index in [1.165, 1.54) is 30.3 Å². The van der Waals surface area contributed by atoms with E-state index in [-0.39, 0.29) is 22.2 Å². The number of esters is 1. The molecule has 0 heterocycles. The van der Waals surface area contributed by atoms with Crippen LogP contribution in [0, 0.1) is 5.82 Å². The van der Waals surface area contributed by atoms with Gasteiger partial charge in [-0.05, 0) is 55.8 Å². The second kappa shape index (κ2) is 9.32. The maximum absolute atomic E-state index is 12.9. The lowest BCUT2D eigenvalue weighted by Gasteiger charge is -2.12. The number of carbonyl (C=O) groups is 2. The molecule has 0 aliphatic heterocycles. The predicted octanol–water partition coefficient (Wildman–Crippen LogP) is 2.70. The molecule has 2 aromatic carbocycles. The van der Waals surface area contributed by atoms with E-state index in [4.69, 9.17) is 4.74 Å². The van der Waals surface area contributed by atoms with Gasteiger partial charge in [0, 0.05) is 11.7 Å². The number of hydrogen-bond donors (Lipinski definition) is 2. The average molecular weight is 408 g/mol. The molecular formula is C19H21FN2O5S. The van der Waals surface area contributed by atoms with Crippen LogP contribution in [0.25, 0.3) is 0 Å². The van der Waals surface area contributed by atoms with Crippen molar-refractivity contribution in [3.05, 3.63) is 59.9 Å². The fourth-order valence-corrected chi connectivity index (χ4v) is 3.26. The van der Waals surface area contributed by atoms with Gasteiger partial charge in [0.05, 0.1) is 10.5 Å². The minimum absolute atomic E-state index is 0.0154. The molecule has 28 heavy (non-hydrogen) atoms. The number of benzene rings is 2. The van der Waals surface area contributed by atoms with Crippen LogP contribution in [-0.4, -0.2) is 32.9 Å². The van der Waals surface area contributed by atoms with Crippen LogP contribution >= 0.6 is 0 Å². The molecule has 0 bridgehead atoms. The molecule has 1 amide bonds. The number of hydrogen-bond acceptors (Lipinski definition) is 5. The molecule has 1 atom stereocenters. The molecule has 2 N–H and O–H groups in total. The lowest BCUT2D eigenvalue weighted by Crippen LogP contribution is -2.35. The Morgan fingerprint density at radius 2 is 1.82 bits per heavy atom. The number of ether oxygens (including phenoxy) is 1. The van der Waals surface area contributed by atoms with Gasteiger partial charge in [0.15, 0.2) is 6.61 Å². The SMILES string of the molecule is CC[C@H](C)NC(=O)COC(=O)c1cccc(S(=O)(=O)Nc2ccc(F)cc2)c1. The number of rotatable bonds is 8. The third-order valence-corrected chi connectivity index (χ3v) is 5.21.